The van der Waals surface area contributed by atoms with Gasteiger partial charge in [-0.3, -0.25) is 4.79 Å². The van der Waals surface area contributed by atoms with Crippen molar-refractivity contribution in [2.24, 2.45) is 0 Å². The molecular weight excluding hydrogens is 260 g/mol. The molecule has 2 aromatic rings. The number of benzene rings is 2. The Kier molecular flexibility index (Phi) is 4.76. The fraction of sp³-hybridized carbons (Fsp3) is 0.0625. The highest BCUT2D eigenvalue weighted by Crippen LogP contribution is 2.22. The van der Waals surface area contributed by atoms with Crippen molar-refractivity contribution < 1.29 is 9.53 Å². The summed E-state index contributed by atoms with van der Waals surface area (Å²) in [6.07, 6.45) is 4.61. The number of hydrogen-bond acceptors (Lipinski definition) is 2. The Morgan fingerprint density at radius 1 is 1.11 bits per heavy atom. The Bertz CT molecular complexity index is 577. The van der Waals surface area contributed by atoms with Gasteiger partial charge in [-0.1, -0.05) is 48.0 Å². The van der Waals surface area contributed by atoms with Crippen LogP contribution < -0.4 is 4.74 Å². The largest absolute Gasteiger partial charge is 0.489 e. The van der Waals surface area contributed by atoms with Crippen LogP contribution in [0.1, 0.15) is 15.9 Å². The van der Waals surface area contributed by atoms with Crippen LogP contribution in [0.5, 0.6) is 5.75 Å². The molecule has 0 heterocycles. The minimum atomic E-state index is 0.385. The molecule has 0 N–H and O–H groups in total. The van der Waals surface area contributed by atoms with Crippen molar-refractivity contribution in [1.29, 1.82) is 0 Å². The Hall–Kier alpha value is -2.06. The normalized spacial score (nSPS) is 10.6. The summed E-state index contributed by atoms with van der Waals surface area (Å²) in [6.45, 7) is 0.385. The van der Waals surface area contributed by atoms with Crippen LogP contribution in [0.2, 0.25) is 5.02 Å². The van der Waals surface area contributed by atoms with Crippen molar-refractivity contribution in [2.75, 3.05) is 6.61 Å². The summed E-state index contributed by atoms with van der Waals surface area (Å²) in [4.78, 5) is 10.9. The summed E-state index contributed by atoms with van der Waals surface area (Å²) in [5.74, 6) is 0.500. The van der Waals surface area contributed by atoms with Gasteiger partial charge in [-0.25, -0.2) is 0 Å². The second-order valence-electron chi connectivity index (χ2n) is 3.92. The van der Waals surface area contributed by atoms with E-state index in [9.17, 15) is 4.79 Å². The molecule has 2 nitrogen and oxygen atoms in total. The zero-order valence-corrected chi connectivity index (χ0v) is 11.0. The highest BCUT2D eigenvalue weighted by Gasteiger charge is 2.02. The number of rotatable bonds is 5. The lowest BCUT2D eigenvalue weighted by Crippen LogP contribution is -1.97. The van der Waals surface area contributed by atoms with E-state index in [0.717, 1.165) is 11.8 Å². The first-order chi connectivity index (χ1) is 9.29. The number of carbonyl (C=O) groups is 1. The van der Waals surface area contributed by atoms with Crippen molar-refractivity contribution >= 4 is 24.0 Å². The monoisotopic (exact) mass is 272 g/mol. The first-order valence-electron chi connectivity index (χ1n) is 5.89. The van der Waals surface area contributed by atoms with Gasteiger partial charge in [0.15, 0.2) is 6.29 Å². The molecule has 0 saturated carbocycles. The van der Waals surface area contributed by atoms with E-state index in [4.69, 9.17) is 16.3 Å². The number of carbonyl (C=O) groups excluding carboxylic acids is 1. The van der Waals surface area contributed by atoms with E-state index in [-0.39, 0.29) is 0 Å². The minimum absolute atomic E-state index is 0.385. The topological polar surface area (TPSA) is 26.3 Å². The summed E-state index contributed by atoms with van der Waals surface area (Å²) < 4.78 is 5.53. The Morgan fingerprint density at radius 3 is 2.63 bits per heavy atom. The molecule has 0 bridgehead atoms. The lowest BCUT2D eigenvalue weighted by atomic mass is 10.2. The lowest BCUT2D eigenvalue weighted by Gasteiger charge is -2.06. The van der Waals surface area contributed by atoms with E-state index in [2.05, 4.69) is 0 Å². The third-order valence-electron chi connectivity index (χ3n) is 2.55. The third-order valence-corrected chi connectivity index (χ3v) is 2.78. The highest BCUT2D eigenvalue weighted by atomic mass is 35.5. The molecule has 2 rings (SSSR count). The van der Waals surface area contributed by atoms with Gasteiger partial charge in [0.1, 0.15) is 12.4 Å². The molecule has 0 saturated heterocycles. The number of ether oxygens (including phenoxy) is 1. The zero-order valence-electron chi connectivity index (χ0n) is 10.3. The maximum atomic E-state index is 10.9. The van der Waals surface area contributed by atoms with Crippen molar-refractivity contribution in [2.45, 2.75) is 0 Å². The van der Waals surface area contributed by atoms with Gasteiger partial charge < -0.3 is 4.74 Å². The van der Waals surface area contributed by atoms with Crippen LogP contribution in [0.3, 0.4) is 0 Å². The van der Waals surface area contributed by atoms with Gasteiger partial charge >= 0.3 is 0 Å². The van der Waals surface area contributed by atoms with Crippen LogP contribution in [0.4, 0.5) is 0 Å². The zero-order chi connectivity index (χ0) is 13.5. The second kappa shape index (κ2) is 6.76. The fourth-order valence-electron chi connectivity index (χ4n) is 1.62. The minimum Gasteiger partial charge on any atom is -0.489 e. The molecule has 0 aromatic heterocycles. The fourth-order valence-corrected chi connectivity index (χ4v) is 1.78. The molecule has 0 spiro atoms. The summed E-state index contributed by atoms with van der Waals surface area (Å²) in [5, 5.41) is 0.549. The van der Waals surface area contributed by atoms with Crippen molar-refractivity contribution in [3.8, 4) is 5.75 Å². The molecule has 0 aliphatic rings. The van der Waals surface area contributed by atoms with E-state index in [1.165, 1.54) is 0 Å². The van der Waals surface area contributed by atoms with Crippen LogP contribution in [0.25, 0.3) is 6.08 Å². The van der Waals surface area contributed by atoms with Crippen LogP contribution in [0.15, 0.2) is 54.6 Å². The van der Waals surface area contributed by atoms with Crippen LogP contribution in [0, 0.1) is 0 Å². The first-order valence-corrected chi connectivity index (χ1v) is 6.26. The van der Waals surface area contributed by atoms with Gasteiger partial charge in [-0.15, -0.1) is 0 Å². The Balaban J connectivity index is 1.98. The molecule has 0 radical (unpaired) electrons. The predicted molar refractivity (Wildman–Crippen MR) is 77.8 cm³/mol. The molecule has 96 valence electrons. The summed E-state index contributed by atoms with van der Waals surface area (Å²) >= 11 is 5.87. The standard InChI is InChI=1S/C16H13ClO2/c17-15-9-8-14(12-18)16(11-15)19-10-4-7-13-5-2-1-3-6-13/h1-9,11-12H,10H2/b7-4+. The quantitative estimate of drug-likeness (QED) is 0.761. The number of aldehydes is 1. The van der Waals surface area contributed by atoms with Crippen LogP contribution in [-0.2, 0) is 0 Å². The van der Waals surface area contributed by atoms with Crippen molar-refractivity contribution in [3.05, 3.63) is 70.8 Å². The average molecular weight is 273 g/mol. The number of hydrogen-bond donors (Lipinski definition) is 0. The lowest BCUT2D eigenvalue weighted by molar-refractivity contribution is 0.112. The van der Waals surface area contributed by atoms with E-state index < -0.39 is 0 Å². The van der Waals surface area contributed by atoms with Gasteiger partial charge in [0, 0.05) is 5.02 Å². The molecule has 0 amide bonds. The summed E-state index contributed by atoms with van der Waals surface area (Å²) in [7, 11) is 0. The molecule has 19 heavy (non-hydrogen) atoms. The van der Waals surface area contributed by atoms with Gasteiger partial charge in [-0.05, 0) is 29.8 Å². The van der Waals surface area contributed by atoms with Gasteiger partial charge in [0.2, 0.25) is 0 Å². The highest BCUT2D eigenvalue weighted by molar-refractivity contribution is 6.30. The number of halogens is 1. The van der Waals surface area contributed by atoms with Crippen LogP contribution >= 0.6 is 11.6 Å². The Labute approximate surface area is 117 Å². The van der Waals surface area contributed by atoms with E-state index >= 15 is 0 Å². The molecule has 3 heteroatoms. The third kappa shape index (κ3) is 3.97. The SMILES string of the molecule is O=Cc1ccc(Cl)cc1OC/C=C/c1ccccc1. The van der Waals surface area contributed by atoms with Crippen molar-refractivity contribution in [3.63, 3.8) is 0 Å². The Morgan fingerprint density at radius 2 is 1.89 bits per heavy atom. The summed E-state index contributed by atoms with van der Waals surface area (Å²) in [6, 6.07) is 14.9. The average Bonchev–Trinajstić information content (AvgIpc) is 2.45. The smallest absolute Gasteiger partial charge is 0.153 e. The maximum absolute atomic E-state index is 10.9. The molecule has 0 unspecified atom stereocenters. The molecule has 0 fully saturated rings. The van der Waals surface area contributed by atoms with Crippen LogP contribution in [-0.4, -0.2) is 12.9 Å². The van der Waals surface area contributed by atoms with Gasteiger partial charge in [-0.2, -0.15) is 0 Å². The van der Waals surface area contributed by atoms with E-state index in [1.54, 1.807) is 18.2 Å². The molecule has 0 aliphatic heterocycles. The van der Waals surface area contributed by atoms with Gasteiger partial charge in [0.25, 0.3) is 0 Å². The molecule has 2 aromatic carbocycles. The van der Waals surface area contributed by atoms with E-state index in [0.29, 0.717) is 22.9 Å². The first kappa shape index (κ1) is 13.4. The molecule has 0 aliphatic carbocycles. The summed E-state index contributed by atoms with van der Waals surface area (Å²) in [5.41, 5.74) is 1.60. The van der Waals surface area contributed by atoms with E-state index in [1.807, 2.05) is 42.5 Å². The second-order valence-corrected chi connectivity index (χ2v) is 4.36. The van der Waals surface area contributed by atoms with Gasteiger partial charge in [0.05, 0.1) is 5.56 Å². The maximum Gasteiger partial charge on any atom is 0.153 e. The molecular formula is C16H13ClO2. The predicted octanol–water partition coefficient (Wildman–Crippen LogP) is 4.24. The van der Waals surface area contributed by atoms with Crippen molar-refractivity contribution in [1.82, 2.24) is 0 Å². The molecule has 0 atom stereocenters.